The molecule has 0 saturated carbocycles. The number of hydrogen-bond acceptors (Lipinski definition) is 0. The summed E-state index contributed by atoms with van der Waals surface area (Å²) in [5.74, 6) is 0. The summed E-state index contributed by atoms with van der Waals surface area (Å²) in [5, 5.41) is 0. The smallest absolute Gasteiger partial charge is 0 e. The van der Waals surface area contributed by atoms with Gasteiger partial charge < -0.3 is 0 Å². The third-order valence-electron chi connectivity index (χ3n) is 2.56. The van der Waals surface area contributed by atoms with Crippen LogP contribution in [0.4, 0.5) is 0 Å². The summed E-state index contributed by atoms with van der Waals surface area (Å²) >= 11 is 0. The Morgan fingerprint density at radius 2 is 1.29 bits per heavy atom. The second-order valence-corrected chi connectivity index (χ2v) is 3.62. The van der Waals surface area contributed by atoms with Crippen molar-refractivity contribution >= 4 is 50.9 Å². The van der Waals surface area contributed by atoms with Crippen molar-refractivity contribution in [3.63, 3.8) is 0 Å². The van der Waals surface area contributed by atoms with Crippen LogP contribution in [0.15, 0.2) is 16.7 Å². The maximum atomic E-state index is 3.44. The van der Waals surface area contributed by atoms with Crippen molar-refractivity contribution in [3.8, 4) is 0 Å². The van der Waals surface area contributed by atoms with Crippen LogP contribution < -0.4 is 0 Å². The van der Waals surface area contributed by atoms with E-state index in [1.54, 1.807) is 0 Å². The Balaban J connectivity index is -0.000000125. The monoisotopic (exact) mass is 423 g/mol. The quantitative estimate of drug-likeness (QED) is 0.385. The summed E-state index contributed by atoms with van der Waals surface area (Å²) in [4.78, 5) is 0. The van der Waals surface area contributed by atoms with E-state index in [1.165, 1.54) is 16.7 Å². The molecule has 0 fully saturated rings. The maximum absolute atomic E-state index is 3.44. The minimum absolute atomic E-state index is 0. The van der Waals surface area contributed by atoms with Gasteiger partial charge in [0.1, 0.15) is 0 Å². The van der Waals surface area contributed by atoms with Gasteiger partial charge in [0.05, 0.1) is 0 Å². The Morgan fingerprint density at radius 1 is 0.929 bits per heavy atom. The molecular formula is C10H18Br3Ti-. The molecule has 0 unspecified atom stereocenters. The number of hydrogen-bond donors (Lipinski definition) is 0. The number of halogens is 3. The molecule has 0 spiro atoms. The van der Waals surface area contributed by atoms with E-state index in [0.29, 0.717) is 0 Å². The zero-order chi connectivity index (χ0) is 7.94. The third-order valence-corrected chi connectivity index (χ3v) is 2.56. The molecule has 1 rings (SSSR count). The van der Waals surface area contributed by atoms with E-state index in [0.717, 1.165) is 0 Å². The fourth-order valence-electron chi connectivity index (χ4n) is 1.41. The van der Waals surface area contributed by atoms with E-state index in [1.807, 2.05) is 0 Å². The molecule has 0 radical (unpaired) electrons. The Labute approximate surface area is 134 Å². The van der Waals surface area contributed by atoms with Crippen molar-refractivity contribution < 1.29 is 21.7 Å². The normalized spacial score (nSPS) is 16.8. The van der Waals surface area contributed by atoms with Gasteiger partial charge in [0.25, 0.3) is 0 Å². The molecule has 84 valence electrons. The summed E-state index contributed by atoms with van der Waals surface area (Å²) < 4.78 is 0. The molecule has 0 aliphatic heterocycles. The van der Waals surface area contributed by atoms with Crippen LogP contribution in [0.3, 0.4) is 0 Å². The molecule has 4 heteroatoms. The van der Waals surface area contributed by atoms with Crippen LogP contribution in [0, 0.1) is 11.5 Å². The topological polar surface area (TPSA) is 0 Å². The standard InChI is InChI=1S/C10H15.3BrH.Ti/c1-7-6-10(4,5)9(3)8(7)2;;;;/h1-5H3;3*1H;/q-1;;;;. The molecule has 0 aromatic rings. The summed E-state index contributed by atoms with van der Waals surface area (Å²) in [6, 6.07) is 0. The molecule has 1 aliphatic rings. The number of rotatable bonds is 0. The van der Waals surface area contributed by atoms with Crippen LogP contribution in [0.5, 0.6) is 0 Å². The molecule has 0 N–H and O–H groups in total. The van der Waals surface area contributed by atoms with Gasteiger partial charge in [-0.3, -0.25) is 6.08 Å². The van der Waals surface area contributed by atoms with Crippen molar-refractivity contribution in [1.29, 1.82) is 0 Å². The van der Waals surface area contributed by atoms with Crippen LogP contribution in [0.1, 0.15) is 34.6 Å². The van der Waals surface area contributed by atoms with Crippen molar-refractivity contribution in [2.45, 2.75) is 34.6 Å². The Kier molecular flexibility index (Phi) is 15.5. The molecule has 0 saturated heterocycles. The van der Waals surface area contributed by atoms with Crippen LogP contribution in [-0.4, -0.2) is 0 Å². The summed E-state index contributed by atoms with van der Waals surface area (Å²) in [6.07, 6.45) is 3.44. The molecule has 0 amide bonds. The molecule has 1 aliphatic carbocycles. The van der Waals surface area contributed by atoms with Crippen LogP contribution >= 0.6 is 50.9 Å². The van der Waals surface area contributed by atoms with Gasteiger partial charge in [-0.2, -0.15) is 11.1 Å². The summed E-state index contributed by atoms with van der Waals surface area (Å²) in [7, 11) is 0. The van der Waals surface area contributed by atoms with Crippen molar-refractivity contribution in [2.24, 2.45) is 5.41 Å². The number of allylic oxidation sites excluding steroid dienone is 4. The molecule has 0 nitrogen and oxygen atoms in total. The van der Waals surface area contributed by atoms with Gasteiger partial charge in [-0.15, -0.1) is 57.9 Å². The van der Waals surface area contributed by atoms with E-state index in [9.17, 15) is 0 Å². The summed E-state index contributed by atoms with van der Waals surface area (Å²) in [6.45, 7) is 10.9. The largest absolute Gasteiger partial charge is 0.263 e. The Bertz CT molecular complexity index is 230. The van der Waals surface area contributed by atoms with Gasteiger partial charge in [-0.05, 0) is 0 Å². The fourth-order valence-corrected chi connectivity index (χ4v) is 1.41. The van der Waals surface area contributed by atoms with Gasteiger partial charge in [-0.25, -0.2) is 5.57 Å². The zero-order valence-electron chi connectivity index (χ0n) is 9.22. The van der Waals surface area contributed by atoms with Gasteiger partial charge in [0.2, 0.25) is 0 Å². The van der Waals surface area contributed by atoms with Gasteiger partial charge in [-0.1, -0.05) is 33.1 Å². The van der Waals surface area contributed by atoms with E-state index >= 15 is 0 Å². The minimum Gasteiger partial charge on any atom is -0.263 e. The average molecular weight is 426 g/mol. The second kappa shape index (κ2) is 8.75. The Morgan fingerprint density at radius 3 is 1.36 bits per heavy atom. The molecule has 0 heterocycles. The maximum Gasteiger partial charge on any atom is 0 e. The van der Waals surface area contributed by atoms with E-state index < -0.39 is 0 Å². The predicted molar refractivity (Wildman–Crippen MR) is 75.6 cm³/mol. The molecule has 14 heavy (non-hydrogen) atoms. The van der Waals surface area contributed by atoms with Gasteiger partial charge >= 0.3 is 0 Å². The van der Waals surface area contributed by atoms with Crippen molar-refractivity contribution in [2.75, 3.05) is 0 Å². The first-order valence-electron chi connectivity index (χ1n) is 3.75. The first kappa shape index (κ1) is 24.7. The van der Waals surface area contributed by atoms with Gasteiger partial charge in [0, 0.05) is 21.7 Å². The predicted octanol–water partition coefficient (Wildman–Crippen LogP) is 4.84. The van der Waals surface area contributed by atoms with Crippen molar-refractivity contribution in [3.05, 3.63) is 22.8 Å². The van der Waals surface area contributed by atoms with E-state index in [4.69, 9.17) is 0 Å². The average Bonchev–Trinajstić information content (AvgIpc) is 1.95. The van der Waals surface area contributed by atoms with E-state index in [2.05, 4.69) is 40.7 Å². The van der Waals surface area contributed by atoms with Crippen LogP contribution in [-0.2, 0) is 21.7 Å². The van der Waals surface area contributed by atoms with Crippen molar-refractivity contribution in [1.82, 2.24) is 0 Å². The first-order valence-corrected chi connectivity index (χ1v) is 3.75. The van der Waals surface area contributed by atoms with E-state index in [-0.39, 0.29) is 78.1 Å². The third kappa shape index (κ3) is 5.11. The SMILES string of the molecule is Br.Br.Br.CC1=[C-]C(C)(C)C(C)=C1C.[Ti]. The van der Waals surface area contributed by atoms with Crippen LogP contribution in [0.25, 0.3) is 0 Å². The molecular weight excluding hydrogens is 408 g/mol. The molecule has 0 bridgehead atoms. The molecule has 0 aromatic carbocycles. The Hall–Kier alpha value is 1.63. The van der Waals surface area contributed by atoms with Gasteiger partial charge in [0.15, 0.2) is 0 Å². The minimum atomic E-state index is 0. The zero-order valence-corrected chi connectivity index (χ0v) is 15.9. The molecule has 0 aromatic heterocycles. The second-order valence-electron chi connectivity index (χ2n) is 3.62. The summed E-state index contributed by atoms with van der Waals surface area (Å²) in [5.41, 5.74) is 4.39. The first-order chi connectivity index (χ1) is 4.45. The molecule has 0 atom stereocenters. The fraction of sp³-hybridized carbons (Fsp3) is 0.600. The van der Waals surface area contributed by atoms with Crippen LogP contribution in [0.2, 0.25) is 0 Å².